The highest BCUT2D eigenvalue weighted by Crippen LogP contribution is 2.30. The summed E-state index contributed by atoms with van der Waals surface area (Å²) in [5.74, 6) is -0.658. The summed E-state index contributed by atoms with van der Waals surface area (Å²) >= 11 is 6.05. The zero-order chi connectivity index (χ0) is 42.3. The van der Waals surface area contributed by atoms with Crippen LogP contribution in [-0.2, 0) is 38.9 Å². The molecule has 4 aromatic rings. The van der Waals surface area contributed by atoms with Crippen molar-refractivity contribution in [2.75, 3.05) is 41.8 Å². The number of para-hydroxylation sites is 1. The summed E-state index contributed by atoms with van der Waals surface area (Å²) in [5.41, 5.74) is 7.22. The van der Waals surface area contributed by atoms with Gasteiger partial charge in [-0.3, -0.25) is 19.8 Å². The van der Waals surface area contributed by atoms with Gasteiger partial charge in [0.05, 0.1) is 29.6 Å². The van der Waals surface area contributed by atoms with E-state index < -0.39 is 49.0 Å². The zero-order valence-electron chi connectivity index (χ0n) is 31.8. The van der Waals surface area contributed by atoms with Crippen molar-refractivity contribution in [3.8, 4) is 0 Å². The number of carbonyl (C=O) groups excluding carboxylic acids is 2. The van der Waals surface area contributed by atoms with E-state index in [-0.39, 0.29) is 58.5 Å². The number of hydrogen-bond donors (Lipinski definition) is 3. The molecule has 20 heteroatoms. The lowest BCUT2D eigenvalue weighted by molar-refractivity contribution is -0.141. The van der Waals surface area contributed by atoms with Gasteiger partial charge in [0.2, 0.25) is 0 Å². The van der Waals surface area contributed by atoms with Crippen LogP contribution in [0.1, 0.15) is 82.0 Å². The number of benzene rings is 2. The van der Waals surface area contributed by atoms with E-state index in [1.807, 2.05) is 31.2 Å². The molecule has 2 aliphatic heterocycles. The molecule has 316 valence electrons. The third kappa shape index (κ3) is 12.5. The fourth-order valence-corrected chi connectivity index (χ4v) is 10.2. The SMILES string of the molecule is Cc1cc(C(=O)N(CCC2CCS(=O)(=O)CC2)Cc2ccccc2N)n[nH]1.O=C(c1cc(C(F)(F)F)[nH]n1)N(CCC1CCS(=O)(=O)CC1)Cc1c(F)cccc1Cl. The van der Waals surface area contributed by atoms with Crippen LogP contribution in [-0.4, -0.2) is 94.9 Å². The lowest BCUT2D eigenvalue weighted by Crippen LogP contribution is -2.34. The molecule has 13 nitrogen and oxygen atoms in total. The fourth-order valence-electron chi connectivity index (χ4n) is 6.82. The number of aryl methyl sites for hydroxylation is 1. The van der Waals surface area contributed by atoms with E-state index in [0.717, 1.165) is 17.7 Å². The maximum atomic E-state index is 14.3. The third-order valence-corrected chi connectivity index (χ3v) is 14.2. The van der Waals surface area contributed by atoms with Gasteiger partial charge in [-0.2, -0.15) is 23.4 Å². The maximum Gasteiger partial charge on any atom is 0.432 e. The molecule has 6 rings (SSSR count). The molecule has 0 saturated carbocycles. The van der Waals surface area contributed by atoms with Crippen molar-refractivity contribution in [3.05, 3.63) is 99.3 Å². The predicted molar refractivity (Wildman–Crippen MR) is 211 cm³/mol. The largest absolute Gasteiger partial charge is 0.432 e. The number of nitrogens with one attached hydrogen (secondary N) is 2. The topological polar surface area (TPSA) is 192 Å². The van der Waals surface area contributed by atoms with Crippen LogP contribution in [0.25, 0.3) is 0 Å². The van der Waals surface area contributed by atoms with Crippen LogP contribution in [0.4, 0.5) is 23.2 Å². The number of carbonyl (C=O) groups is 2. The Kier molecular flexibility index (Phi) is 14.7. The van der Waals surface area contributed by atoms with Crippen LogP contribution in [0.2, 0.25) is 5.02 Å². The summed E-state index contributed by atoms with van der Waals surface area (Å²) in [6, 6.07) is 13.9. The van der Waals surface area contributed by atoms with Crippen molar-refractivity contribution >= 4 is 48.8 Å². The van der Waals surface area contributed by atoms with Crippen molar-refractivity contribution in [2.45, 2.75) is 64.7 Å². The molecule has 2 saturated heterocycles. The first-order chi connectivity index (χ1) is 27.3. The average molecular weight is 872 g/mol. The molecule has 0 spiro atoms. The molecule has 4 heterocycles. The Bertz CT molecular complexity index is 2240. The summed E-state index contributed by atoms with van der Waals surface area (Å²) in [5, 5.41) is 12.2. The number of nitrogen functional groups attached to an aromatic ring is 1. The molecule has 2 aromatic heterocycles. The lowest BCUT2D eigenvalue weighted by Gasteiger charge is -2.27. The summed E-state index contributed by atoms with van der Waals surface area (Å²) < 4.78 is 99.3. The van der Waals surface area contributed by atoms with Gasteiger partial charge in [-0.05, 0) is 87.1 Å². The van der Waals surface area contributed by atoms with Crippen molar-refractivity contribution in [3.63, 3.8) is 0 Å². The maximum absolute atomic E-state index is 14.3. The van der Waals surface area contributed by atoms with E-state index in [1.54, 1.807) is 16.1 Å². The number of hydrogen-bond acceptors (Lipinski definition) is 9. The van der Waals surface area contributed by atoms with E-state index >= 15 is 0 Å². The lowest BCUT2D eigenvalue weighted by atomic mass is 9.98. The van der Waals surface area contributed by atoms with Gasteiger partial charge in [0.1, 0.15) is 36.9 Å². The number of nitrogens with zero attached hydrogens (tertiary/aromatic N) is 4. The van der Waals surface area contributed by atoms with E-state index in [4.69, 9.17) is 17.3 Å². The molecule has 0 radical (unpaired) electrons. The number of rotatable bonds is 12. The smallest absolute Gasteiger partial charge is 0.398 e. The minimum absolute atomic E-state index is 0.0276. The van der Waals surface area contributed by atoms with Crippen LogP contribution in [0.15, 0.2) is 54.6 Å². The molecule has 2 fully saturated rings. The molecule has 0 unspecified atom stereocenters. The standard InChI is InChI=1S/C19H20ClF4N3O3S.C19H26N4O3S/c20-14-2-1-3-15(21)13(14)11-27(7-4-12-5-8-31(29,30)9-6-12)18(28)16-10-17(26-25-16)19(22,23)24;1-14-12-18(22-21-14)19(24)23(13-16-4-2-3-5-17(16)20)9-6-15-7-10-27(25,26)11-8-15/h1-3,10,12H,4-9,11H2,(H,25,26);2-5,12,15H,6-11,13,20H2,1H3,(H,21,22). The number of nitrogens with two attached hydrogens (primary N) is 1. The van der Waals surface area contributed by atoms with Gasteiger partial charge in [0.25, 0.3) is 11.8 Å². The minimum Gasteiger partial charge on any atom is -0.398 e. The highest BCUT2D eigenvalue weighted by Gasteiger charge is 2.35. The van der Waals surface area contributed by atoms with Crippen molar-refractivity contribution in [2.24, 2.45) is 11.8 Å². The van der Waals surface area contributed by atoms with Gasteiger partial charge in [0.15, 0.2) is 5.69 Å². The van der Waals surface area contributed by atoms with Crippen LogP contribution >= 0.6 is 11.6 Å². The molecule has 0 atom stereocenters. The molecule has 0 bridgehead atoms. The van der Waals surface area contributed by atoms with E-state index in [9.17, 15) is 44.0 Å². The molecule has 2 amide bonds. The highest BCUT2D eigenvalue weighted by atomic mass is 35.5. The Balaban J connectivity index is 0.000000223. The molecular formula is C38H46ClF4N7O6S2. The molecule has 2 aromatic carbocycles. The van der Waals surface area contributed by atoms with Crippen molar-refractivity contribution in [1.82, 2.24) is 30.2 Å². The number of sulfone groups is 2. The Morgan fingerprint density at radius 3 is 1.79 bits per heavy atom. The molecule has 0 aliphatic carbocycles. The monoisotopic (exact) mass is 871 g/mol. The summed E-state index contributed by atoms with van der Waals surface area (Å²) in [6.07, 6.45) is -1.30. The first kappa shape index (κ1) is 44.6. The fraction of sp³-hybridized carbons (Fsp3) is 0.474. The van der Waals surface area contributed by atoms with Crippen LogP contribution in [0.5, 0.6) is 0 Å². The first-order valence-corrected chi connectivity index (χ1v) is 22.7. The summed E-state index contributed by atoms with van der Waals surface area (Å²) in [7, 11) is -5.93. The Morgan fingerprint density at radius 2 is 1.31 bits per heavy atom. The second-order valence-electron chi connectivity index (χ2n) is 14.7. The zero-order valence-corrected chi connectivity index (χ0v) is 34.2. The van der Waals surface area contributed by atoms with Gasteiger partial charge in [0, 0.05) is 47.7 Å². The molecule has 2 aliphatic rings. The van der Waals surface area contributed by atoms with Crippen LogP contribution in [0.3, 0.4) is 0 Å². The third-order valence-electron chi connectivity index (χ3n) is 10.4. The Morgan fingerprint density at radius 1 is 0.793 bits per heavy atom. The molecular weight excluding hydrogens is 826 g/mol. The summed E-state index contributed by atoms with van der Waals surface area (Å²) in [4.78, 5) is 28.8. The van der Waals surface area contributed by atoms with E-state index in [0.29, 0.717) is 68.6 Å². The number of aromatic nitrogens is 4. The number of alkyl halides is 3. The number of anilines is 1. The van der Waals surface area contributed by atoms with Gasteiger partial charge in [-0.25, -0.2) is 21.2 Å². The van der Waals surface area contributed by atoms with Gasteiger partial charge < -0.3 is 15.5 Å². The van der Waals surface area contributed by atoms with Gasteiger partial charge in [-0.1, -0.05) is 35.9 Å². The van der Waals surface area contributed by atoms with Gasteiger partial charge in [-0.15, -0.1) is 0 Å². The highest BCUT2D eigenvalue weighted by molar-refractivity contribution is 7.91. The molecule has 4 N–H and O–H groups in total. The van der Waals surface area contributed by atoms with Crippen LogP contribution < -0.4 is 5.73 Å². The average Bonchev–Trinajstić information content (AvgIpc) is 3.85. The van der Waals surface area contributed by atoms with Gasteiger partial charge >= 0.3 is 6.18 Å². The Labute approximate surface area is 339 Å². The predicted octanol–water partition coefficient (Wildman–Crippen LogP) is 6.24. The van der Waals surface area contributed by atoms with E-state index in [1.165, 1.54) is 23.1 Å². The quantitative estimate of drug-likeness (QED) is 0.109. The number of H-pyrrole nitrogens is 2. The van der Waals surface area contributed by atoms with Crippen molar-refractivity contribution in [1.29, 1.82) is 0 Å². The second kappa shape index (κ2) is 19.1. The normalized spacial score (nSPS) is 16.9. The van der Waals surface area contributed by atoms with Crippen molar-refractivity contribution < 1.29 is 44.0 Å². The minimum atomic E-state index is -4.70. The number of aromatic amines is 2. The first-order valence-electron chi connectivity index (χ1n) is 18.7. The molecule has 58 heavy (non-hydrogen) atoms. The number of amides is 2. The second-order valence-corrected chi connectivity index (χ2v) is 19.7. The number of halogens is 5. The van der Waals surface area contributed by atoms with Crippen LogP contribution in [0, 0.1) is 24.6 Å². The van der Waals surface area contributed by atoms with E-state index in [2.05, 4.69) is 15.3 Å². The summed E-state index contributed by atoms with van der Waals surface area (Å²) in [6.45, 7) is 2.63. The Hall–Kier alpha value is -4.49.